The molecule has 1 saturated heterocycles. The molecule has 0 radical (unpaired) electrons. The van der Waals surface area contributed by atoms with Gasteiger partial charge in [-0.05, 0) is 35.1 Å². The Bertz CT molecular complexity index is 1010. The molecule has 2 fully saturated rings. The summed E-state index contributed by atoms with van der Waals surface area (Å²) in [5.41, 5.74) is 2.73. The van der Waals surface area contributed by atoms with Gasteiger partial charge in [-0.25, -0.2) is 0 Å². The molecule has 5 rings (SSSR count). The fourth-order valence-electron chi connectivity index (χ4n) is 4.91. The molecule has 3 aliphatic rings. The maximum atomic E-state index is 12.5. The summed E-state index contributed by atoms with van der Waals surface area (Å²) >= 11 is 7.35. The second-order valence-electron chi connectivity index (χ2n) is 9.16. The van der Waals surface area contributed by atoms with Crippen LogP contribution in [0.3, 0.4) is 0 Å². The highest BCUT2D eigenvalue weighted by Crippen LogP contribution is 2.57. The van der Waals surface area contributed by atoms with E-state index in [2.05, 4.69) is 45.7 Å². The van der Waals surface area contributed by atoms with E-state index in [-0.39, 0.29) is 29.3 Å². The lowest BCUT2D eigenvalue weighted by molar-refractivity contribution is -0.336. The molecule has 6 heteroatoms. The van der Waals surface area contributed by atoms with Gasteiger partial charge in [0.1, 0.15) is 12.2 Å². The van der Waals surface area contributed by atoms with Crippen molar-refractivity contribution in [2.24, 2.45) is 11.3 Å². The highest BCUT2D eigenvalue weighted by molar-refractivity contribution is 9.10. The summed E-state index contributed by atoms with van der Waals surface area (Å²) < 4.78 is 21.2. The Morgan fingerprint density at radius 1 is 0.903 bits per heavy atom. The van der Waals surface area contributed by atoms with E-state index in [0.717, 1.165) is 32.1 Å². The number of Topliss-reactive ketones (excluding diaryl/α,β-unsaturated/α-hetero) is 1. The Balaban J connectivity index is 1.57. The first-order valence-corrected chi connectivity index (χ1v) is 12.1. The zero-order valence-corrected chi connectivity index (χ0v) is 20.6. The molecule has 0 amide bonds. The van der Waals surface area contributed by atoms with Crippen molar-refractivity contribution in [3.05, 3.63) is 80.4 Å². The van der Waals surface area contributed by atoms with Crippen molar-refractivity contribution in [3.8, 4) is 0 Å². The van der Waals surface area contributed by atoms with Gasteiger partial charge in [0.2, 0.25) is 0 Å². The molecular formula is C25H24Br2O4. The van der Waals surface area contributed by atoms with Crippen LogP contribution >= 0.6 is 31.9 Å². The summed E-state index contributed by atoms with van der Waals surface area (Å²) in [5, 5.41) is 0. The molecule has 2 aliphatic heterocycles. The third kappa shape index (κ3) is 3.71. The smallest absolute Gasteiger partial charge is 0.328 e. The zero-order valence-electron chi connectivity index (χ0n) is 17.4. The van der Waals surface area contributed by atoms with Gasteiger partial charge in [-0.15, -0.1) is 0 Å². The number of allylic oxidation sites excluding steroid dienone is 1. The van der Waals surface area contributed by atoms with Crippen LogP contribution in [0.5, 0.6) is 0 Å². The van der Waals surface area contributed by atoms with E-state index in [1.165, 1.54) is 0 Å². The quantitative estimate of drug-likeness (QED) is 0.406. The van der Waals surface area contributed by atoms with Crippen molar-refractivity contribution >= 4 is 37.6 Å². The number of hydrogen-bond donors (Lipinski definition) is 0. The number of benzene rings is 2. The molecule has 2 heterocycles. The predicted octanol–water partition coefficient (Wildman–Crippen LogP) is 7.00. The van der Waals surface area contributed by atoms with E-state index in [9.17, 15) is 4.79 Å². The van der Waals surface area contributed by atoms with Crippen LogP contribution in [0, 0.1) is 11.3 Å². The molecule has 0 aromatic heterocycles. The SMILES string of the molecule is CC1(C)CCC(=O)C2=COC3(C[C@H]21)O[C@@H](c1ccccc1Br)[C@H](c1ccccc1Br)O3. The van der Waals surface area contributed by atoms with E-state index in [1.54, 1.807) is 6.26 Å². The minimum Gasteiger partial charge on any atom is -0.446 e. The average Bonchev–Trinajstić information content (AvgIpc) is 3.10. The third-order valence-corrected chi connectivity index (χ3v) is 8.21. The van der Waals surface area contributed by atoms with Crippen molar-refractivity contribution in [1.29, 1.82) is 0 Å². The number of ketones is 1. The first-order valence-electron chi connectivity index (χ1n) is 10.6. The number of rotatable bonds is 2. The number of ether oxygens (including phenoxy) is 3. The predicted molar refractivity (Wildman–Crippen MR) is 124 cm³/mol. The molecule has 0 unspecified atom stereocenters. The lowest BCUT2D eigenvalue weighted by atomic mass is 9.64. The van der Waals surface area contributed by atoms with E-state index < -0.39 is 5.97 Å². The summed E-state index contributed by atoms with van der Waals surface area (Å²) in [7, 11) is 0. The van der Waals surface area contributed by atoms with Crippen molar-refractivity contribution in [1.82, 2.24) is 0 Å². The maximum absolute atomic E-state index is 12.5. The Morgan fingerprint density at radius 3 is 2.00 bits per heavy atom. The number of hydrogen-bond acceptors (Lipinski definition) is 4. The van der Waals surface area contributed by atoms with Gasteiger partial charge >= 0.3 is 5.97 Å². The molecule has 1 spiro atoms. The molecule has 1 aliphatic carbocycles. The average molecular weight is 548 g/mol. The minimum atomic E-state index is -1.23. The van der Waals surface area contributed by atoms with Gasteiger partial charge in [-0.2, -0.15) is 0 Å². The van der Waals surface area contributed by atoms with E-state index in [0.29, 0.717) is 12.8 Å². The van der Waals surface area contributed by atoms with Gasteiger partial charge in [0, 0.05) is 33.3 Å². The second-order valence-corrected chi connectivity index (χ2v) is 10.9. The summed E-state index contributed by atoms with van der Waals surface area (Å²) in [6.07, 6.45) is 2.76. The van der Waals surface area contributed by atoms with Crippen LogP contribution in [-0.4, -0.2) is 11.8 Å². The number of halogens is 2. The maximum Gasteiger partial charge on any atom is 0.328 e. The molecule has 31 heavy (non-hydrogen) atoms. The monoisotopic (exact) mass is 546 g/mol. The topological polar surface area (TPSA) is 44.8 Å². The van der Waals surface area contributed by atoms with Crippen molar-refractivity contribution in [2.45, 2.75) is 51.3 Å². The third-order valence-electron chi connectivity index (χ3n) is 6.77. The van der Waals surface area contributed by atoms with Gasteiger partial charge < -0.3 is 14.2 Å². The highest BCUT2D eigenvalue weighted by atomic mass is 79.9. The summed E-state index contributed by atoms with van der Waals surface area (Å²) in [5.74, 6) is -1.04. The van der Waals surface area contributed by atoms with Crippen LogP contribution in [0.25, 0.3) is 0 Å². The number of carbonyl (C=O) groups excluding carboxylic acids is 1. The van der Waals surface area contributed by atoms with Crippen molar-refractivity contribution < 1.29 is 19.0 Å². The first kappa shape index (κ1) is 21.4. The van der Waals surface area contributed by atoms with Gasteiger partial charge in [0.15, 0.2) is 5.78 Å². The van der Waals surface area contributed by atoms with Gasteiger partial charge in [-0.3, -0.25) is 4.79 Å². The van der Waals surface area contributed by atoms with Gasteiger partial charge in [-0.1, -0.05) is 82.1 Å². The molecule has 2 aromatic carbocycles. The summed E-state index contributed by atoms with van der Waals surface area (Å²) in [4.78, 5) is 12.5. The lowest BCUT2D eigenvalue weighted by Gasteiger charge is -2.45. The lowest BCUT2D eigenvalue weighted by Crippen LogP contribution is -2.46. The van der Waals surface area contributed by atoms with Crippen molar-refractivity contribution in [3.63, 3.8) is 0 Å². The second kappa shape index (κ2) is 7.84. The van der Waals surface area contributed by atoms with E-state index in [1.807, 2.05) is 48.5 Å². The molecular weight excluding hydrogens is 524 g/mol. The first-order chi connectivity index (χ1) is 14.8. The normalized spacial score (nSPS) is 28.7. The van der Waals surface area contributed by atoms with Crippen LogP contribution < -0.4 is 0 Å². The zero-order chi connectivity index (χ0) is 21.8. The fraction of sp³-hybridized carbons (Fsp3) is 0.400. The summed E-state index contributed by atoms with van der Waals surface area (Å²) in [6.45, 7) is 4.42. The molecule has 3 atom stereocenters. The van der Waals surface area contributed by atoms with Crippen LogP contribution in [0.1, 0.15) is 56.4 Å². The standard InChI is InChI=1S/C25H24Br2O4/c1-24(2)12-11-21(28)17-14-29-25(13-18(17)24)30-22(15-7-3-5-9-19(15)26)23(31-25)16-8-4-6-10-20(16)27/h3-10,14,18,22-23H,11-13H2,1-2H3/t18-,22+,23+/m1/s1. The Morgan fingerprint density at radius 2 is 1.45 bits per heavy atom. The van der Waals surface area contributed by atoms with Crippen molar-refractivity contribution in [2.75, 3.05) is 0 Å². The Kier molecular flexibility index (Phi) is 5.40. The van der Waals surface area contributed by atoms with E-state index >= 15 is 0 Å². The van der Waals surface area contributed by atoms with Crippen LogP contribution in [-0.2, 0) is 19.0 Å². The summed E-state index contributed by atoms with van der Waals surface area (Å²) in [6, 6.07) is 16.0. The Hall–Kier alpha value is -1.47. The molecule has 1 saturated carbocycles. The Labute approximate surface area is 199 Å². The number of carbonyl (C=O) groups is 1. The van der Waals surface area contributed by atoms with Gasteiger partial charge in [0.05, 0.1) is 6.26 Å². The molecule has 162 valence electrons. The minimum absolute atomic E-state index is 0.0281. The highest BCUT2D eigenvalue weighted by Gasteiger charge is 2.57. The largest absolute Gasteiger partial charge is 0.446 e. The molecule has 4 nitrogen and oxygen atoms in total. The molecule has 0 N–H and O–H groups in total. The van der Waals surface area contributed by atoms with Crippen LogP contribution in [0.4, 0.5) is 0 Å². The molecule has 0 bridgehead atoms. The fourth-order valence-corrected chi connectivity index (χ4v) is 5.93. The van der Waals surface area contributed by atoms with E-state index in [4.69, 9.17) is 14.2 Å². The molecule has 2 aromatic rings. The van der Waals surface area contributed by atoms with Crippen LogP contribution in [0.2, 0.25) is 0 Å². The van der Waals surface area contributed by atoms with Gasteiger partial charge in [0.25, 0.3) is 0 Å². The van der Waals surface area contributed by atoms with Crippen LogP contribution in [0.15, 0.2) is 69.3 Å². The number of fused-ring (bicyclic) bond motifs is 1.